The molecule has 0 spiro atoms. The number of unbranched alkanes of at least 4 members (excludes halogenated alkanes) is 1. The third-order valence-corrected chi connectivity index (χ3v) is 5.05. The van der Waals surface area contributed by atoms with E-state index in [0.717, 1.165) is 57.5 Å². The van der Waals surface area contributed by atoms with Crippen LogP contribution in [0.1, 0.15) is 49.4 Å². The summed E-state index contributed by atoms with van der Waals surface area (Å²) in [5.41, 5.74) is 1.65. The molecule has 6 nitrogen and oxygen atoms in total. The average Bonchev–Trinajstić information content (AvgIpc) is 2.99. The van der Waals surface area contributed by atoms with Crippen molar-refractivity contribution in [1.82, 2.24) is 5.32 Å². The molecule has 0 aliphatic carbocycles. The van der Waals surface area contributed by atoms with Gasteiger partial charge in [0.25, 0.3) is 0 Å². The number of carboxylic acids is 1. The lowest BCUT2D eigenvalue weighted by Crippen LogP contribution is -2.31. The van der Waals surface area contributed by atoms with Gasteiger partial charge in [-0.1, -0.05) is 38.0 Å². The predicted octanol–water partition coefficient (Wildman–Crippen LogP) is 4.94. The minimum Gasteiger partial charge on any atom is -0.478 e. The maximum absolute atomic E-state index is 11.7. The summed E-state index contributed by atoms with van der Waals surface area (Å²) < 4.78 is 6.24. The van der Waals surface area contributed by atoms with Gasteiger partial charge in [-0.25, -0.2) is 4.79 Å². The third kappa shape index (κ3) is 6.12. The van der Waals surface area contributed by atoms with Crippen LogP contribution in [0.2, 0.25) is 0 Å². The Kier molecular flexibility index (Phi) is 7.76. The Morgan fingerprint density at radius 2 is 2.00 bits per heavy atom. The zero-order valence-corrected chi connectivity index (χ0v) is 17.0. The minimum atomic E-state index is -0.947. The molecule has 1 atom stereocenters. The molecule has 0 radical (unpaired) electrons. The van der Waals surface area contributed by atoms with E-state index >= 15 is 0 Å². The normalized spacial score (nSPS) is 16.7. The first-order valence-corrected chi connectivity index (χ1v) is 10.5. The Bertz CT molecular complexity index is 787. The number of hydrogen-bond donors (Lipinski definition) is 4. The second kappa shape index (κ2) is 10.7. The molecule has 0 amide bonds. The molecular weight excluding hydrogens is 366 g/mol. The third-order valence-electron chi connectivity index (χ3n) is 5.05. The Labute approximate surface area is 172 Å². The van der Waals surface area contributed by atoms with Gasteiger partial charge >= 0.3 is 5.97 Å². The molecule has 0 saturated carbocycles. The van der Waals surface area contributed by atoms with Crippen molar-refractivity contribution in [3.05, 3.63) is 48.0 Å². The number of ether oxygens (including phenoxy) is 1. The first-order chi connectivity index (χ1) is 14.2. The highest BCUT2D eigenvalue weighted by Crippen LogP contribution is 2.39. The van der Waals surface area contributed by atoms with Crippen LogP contribution in [0.25, 0.3) is 0 Å². The van der Waals surface area contributed by atoms with Crippen LogP contribution in [0, 0.1) is 0 Å². The van der Waals surface area contributed by atoms with Crippen molar-refractivity contribution in [3.8, 4) is 11.5 Å². The van der Waals surface area contributed by atoms with Gasteiger partial charge in [0, 0.05) is 19.1 Å². The summed E-state index contributed by atoms with van der Waals surface area (Å²) in [5, 5.41) is 20.0. The number of hydrogen-bond acceptors (Lipinski definition) is 5. The van der Waals surface area contributed by atoms with Crippen molar-refractivity contribution >= 4 is 17.3 Å². The van der Waals surface area contributed by atoms with Crippen molar-refractivity contribution < 1.29 is 14.6 Å². The number of benzene rings is 2. The van der Waals surface area contributed by atoms with Crippen LogP contribution in [0.3, 0.4) is 0 Å². The number of aromatic carboxylic acids is 1. The van der Waals surface area contributed by atoms with Crippen LogP contribution < -0.4 is 20.7 Å². The lowest BCUT2D eigenvalue weighted by Gasteiger charge is -2.23. The van der Waals surface area contributed by atoms with Crippen LogP contribution in [-0.2, 0) is 0 Å². The van der Waals surface area contributed by atoms with Crippen LogP contribution in [-0.4, -0.2) is 36.8 Å². The maximum Gasteiger partial charge on any atom is 0.335 e. The van der Waals surface area contributed by atoms with Gasteiger partial charge in [-0.2, -0.15) is 0 Å². The standard InChI is InChI=1S/C23H31N3O3/c1-2-3-13-25-20-14-17(23(27)28)15-21(26-18-9-7-8-12-24-16-18)22(20)29-19-10-5-4-6-11-19/h4-6,10-11,14-15,18,24-26H,2-3,7-9,12-13,16H2,1H3,(H,27,28). The monoisotopic (exact) mass is 397 g/mol. The Hall–Kier alpha value is -2.73. The zero-order chi connectivity index (χ0) is 20.5. The fourth-order valence-corrected chi connectivity index (χ4v) is 3.47. The van der Waals surface area contributed by atoms with Crippen molar-refractivity contribution in [1.29, 1.82) is 0 Å². The van der Waals surface area contributed by atoms with Crippen molar-refractivity contribution in [2.45, 2.75) is 45.1 Å². The van der Waals surface area contributed by atoms with E-state index in [2.05, 4.69) is 22.9 Å². The molecule has 4 N–H and O–H groups in total. The van der Waals surface area contributed by atoms with E-state index in [4.69, 9.17) is 4.74 Å². The minimum absolute atomic E-state index is 0.225. The van der Waals surface area contributed by atoms with Gasteiger partial charge in [-0.05, 0) is 50.1 Å². The molecule has 2 aromatic rings. The lowest BCUT2D eigenvalue weighted by molar-refractivity contribution is 0.0697. The highest BCUT2D eigenvalue weighted by molar-refractivity contribution is 5.92. The van der Waals surface area contributed by atoms with Gasteiger partial charge in [0.15, 0.2) is 5.75 Å². The fraction of sp³-hybridized carbons (Fsp3) is 0.435. The summed E-state index contributed by atoms with van der Waals surface area (Å²) in [7, 11) is 0. The number of rotatable bonds is 9. The number of carbonyl (C=O) groups is 1. The first kappa shape index (κ1) is 21.0. The van der Waals surface area contributed by atoms with Gasteiger partial charge < -0.3 is 25.8 Å². The van der Waals surface area contributed by atoms with Crippen LogP contribution >= 0.6 is 0 Å². The summed E-state index contributed by atoms with van der Waals surface area (Å²) in [6.07, 6.45) is 5.38. The molecule has 6 heteroatoms. The molecule has 29 heavy (non-hydrogen) atoms. The van der Waals surface area contributed by atoms with E-state index in [-0.39, 0.29) is 11.6 Å². The highest BCUT2D eigenvalue weighted by Gasteiger charge is 2.20. The van der Waals surface area contributed by atoms with E-state index < -0.39 is 5.97 Å². The van der Waals surface area contributed by atoms with Crippen molar-refractivity contribution in [2.75, 3.05) is 30.3 Å². The Morgan fingerprint density at radius 1 is 1.21 bits per heavy atom. The van der Waals surface area contributed by atoms with E-state index in [0.29, 0.717) is 17.1 Å². The molecule has 0 bridgehead atoms. The molecule has 1 aliphatic heterocycles. The lowest BCUT2D eigenvalue weighted by atomic mass is 10.1. The smallest absolute Gasteiger partial charge is 0.335 e. The van der Waals surface area contributed by atoms with E-state index in [9.17, 15) is 9.90 Å². The summed E-state index contributed by atoms with van der Waals surface area (Å²) in [4.78, 5) is 11.7. The molecule has 2 aromatic carbocycles. The summed E-state index contributed by atoms with van der Waals surface area (Å²) >= 11 is 0. The number of para-hydroxylation sites is 1. The summed E-state index contributed by atoms with van der Waals surface area (Å²) in [6, 6.07) is 13.2. The SMILES string of the molecule is CCCCNc1cc(C(=O)O)cc(NC2CCCCNC2)c1Oc1ccccc1. The van der Waals surface area contributed by atoms with E-state index in [1.54, 1.807) is 12.1 Å². The van der Waals surface area contributed by atoms with Gasteiger partial charge in [-0.3, -0.25) is 0 Å². The Balaban J connectivity index is 1.97. The fourth-order valence-electron chi connectivity index (χ4n) is 3.47. The molecule has 1 unspecified atom stereocenters. The number of anilines is 2. The summed E-state index contributed by atoms with van der Waals surface area (Å²) in [6.45, 7) is 4.75. The molecule has 0 aromatic heterocycles. The van der Waals surface area contributed by atoms with Crippen LogP contribution in [0.4, 0.5) is 11.4 Å². The first-order valence-electron chi connectivity index (χ1n) is 10.5. The average molecular weight is 398 g/mol. The second-order valence-electron chi connectivity index (χ2n) is 7.44. The van der Waals surface area contributed by atoms with E-state index in [1.807, 2.05) is 30.3 Å². The molecular formula is C23H31N3O3. The van der Waals surface area contributed by atoms with Gasteiger partial charge in [-0.15, -0.1) is 0 Å². The topological polar surface area (TPSA) is 82.6 Å². The molecule has 1 saturated heterocycles. The van der Waals surface area contributed by atoms with E-state index in [1.165, 1.54) is 0 Å². The van der Waals surface area contributed by atoms with Gasteiger partial charge in [0.1, 0.15) is 5.75 Å². The quantitative estimate of drug-likeness (QED) is 0.449. The second-order valence-corrected chi connectivity index (χ2v) is 7.44. The van der Waals surface area contributed by atoms with Crippen molar-refractivity contribution in [3.63, 3.8) is 0 Å². The highest BCUT2D eigenvalue weighted by atomic mass is 16.5. The maximum atomic E-state index is 11.7. The number of nitrogens with one attached hydrogen (secondary N) is 3. The molecule has 1 aliphatic rings. The number of carboxylic acid groups (broad SMARTS) is 1. The molecule has 3 rings (SSSR count). The van der Waals surface area contributed by atoms with Crippen molar-refractivity contribution in [2.24, 2.45) is 0 Å². The van der Waals surface area contributed by atoms with Gasteiger partial charge in [0.05, 0.1) is 16.9 Å². The van der Waals surface area contributed by atoms with Crippen LogP contribution in [0.15, 0.2) is 42.5 Å². The Morgan fingerprint density at radius 3 is 2.76 bits per heavy atom. The van der Waals surface area contributed by atoms with Crippen LogP contribution in [0.5, 0.6) is 11.5 Å². The zero-order valence-electron chi connectivity index (χ0n) is 17.0. The van der Waals surface area contributed by atoms with Gasteiger partial charge in [0.2, 0.25) is 0 Å². The molecule has 1 fully saturated rings. The predicted molar refractivity (Wildman–Crippen MR) is 117 cm³/mol. The molecule has 1 heterocycles. The summed E-state index contributed by atoms with van der Waals surface area (Å²) in [5.74, 6) is 0.412. The molecule has 156 valence electrons. The largest absolute Gasteiger partial charge is 0.478 e.